The van der Waals surface area contributed by atoms with E-state index in [1.807, 2.05) is 6.92 Å². The van der Waals surface area contributed by atoms with Crippen molar-refractivity contribution in [2.75, 3.05) is 28.6 Å². The van der Waals surface area contributed by atoms with Gasteiger partial charge in [0.05, 0.1) is 6.20 Å². The van der Waals surface area contributed by atoms with E-state index in [1.165, 1.54) is 27.9 Å². The number of nitrogens with one attached hydrogen (secondary N) is 2. The van der Waals surface area contributed by atoms with Crippen LogP contribution in [-0.4, -0.2) is 50.8 Å². The minimum Gasteiger partial charge on any atom is -0.444 e. The fourth-order valence-electron chi connectivity index (χ4n) is 3.34. The molecule has 0 aromatic carbocycles. The molecule has 2 amide bonds. The van der Waals surface area contributed by atoms with E-state index in [0.717, 1.165) is 6.26 Å². The second kappa shape index (κ2) is 8.56. The van der Waals surface area contributed by atoms with Crippen LogP contribution in [0.3, 0.4) is 0 Å². The van der Waals surface area contributed by atoms with Crippen molar-refractivity contribution in [3.8, 4) is 11.5 Å². The number of nitrogens with zero attached hydrogens (tertiary/aromatic N) is 5. The number of halogens is 3. The summed E-state index contributed by atoms with van der Waals surface area (Å²) in [4.78, 5) is 34.6. The average Bonchev–Trinajstić information content (AvgIpc) is 3.46. The van der Waals surface area contributed by atoms with Gasteiger partial charge >= 0.3 is 6.18 Å². The predicted molar refractivity (Wildman–Crippen MR) is 112 cm³/mol. The largest absolute Gasteiger partial charge is 0.444 e. The number of alkyl halides is 3. The molecule has 2 N–H and O–H groups in total. The molecule has 1 fully saturated rings. The molecular formula is C20H20F3N7O3. The maximum atomic E-state index is 12.7. The summed E-state index contributed by atoms with van der Waals surface area (Å²) in [5.74, 6) is -0.418. The van der Waals surface area contributed by atoms with E-state index in [1.54, 1.807) is 13.2 Å². The normalized spacial score (nSPS) is 16.3. The highest BCUT2D eigenvalue weighted by Crippen LogP contribution is 2.30. The molecule has 3 aromatic rings. The summed E-state index contributed by atoms with van der Waals surface area (Å²) in [6, 6.07) is 2.82. The Labute approximate surface area is 185 Å². The molecule has 1 aliphatic heterocycles. The van der Waals surface area contributed by atoms with Gasteiger partial charge in [-0.05, 0) is 18.6 Å². The van der Waals surface area contributed by atoms with Crippen LogP contribution in [0.5, 0.6) is 0 Å². The Morgan fingerprint density at radius 3 is 2.85 bits per heavy atom. The van der Waals surface area contributed by atoms with Gasteiger partial charge in [-0.1, -0.05) is 6.92 Å². The summed E-state index contributed by atoms with van der Waals surface area (Å²) < 4.78 is 44.1. The highest BCUT2D eigenvalue weighted by molar-refractivity contribution is 6.06. The summed E-state index contributed by atoms with van der Waals surface area (Å²) >= 11 is 0. The number of aromatic nitrogens is 4. The van der Waals surface area contributed by atoms with Crippen LogP contribution >= 0.6 is 0 Å². The Kier molecular flexibility index (Phi) is 5.78. The van der Waals surface area contributed by atoms with Crippen molar-refractivity contribution < 1.29 is 27.2 Å². The van der Waals surface area contributed by atoms with Gasteiger partial charge in [-0.2, -0.15) is 18.3 Å². The van der Waals surface area contributed by atoms with Crippen LogP contribution in [-0.2, 0) is 11.8 Å². The van der Waals surface area contributed by atoms with Crippen LogP contribution in [0.25, 0.3) is 11.5 Å². The maximum absolute atomic E-state index is 12.7. The van der Waals surface area contributed by atoms with Gasteiger partial charge in [-0.25, -0.2) is 9.97 Å². The van der Waals surface area contributed by atoms with Crippen molar-refractivity contribution in [2.45, 2.75) is 19.5 Å². The Morgan fingerprint density at radius 1 is 1.36 bits per heavy atom. The van der Waals surface area contributed by atoms with E-state index >= 15 is 0 Å². The lowest BCUT2D eigenvalue weighted by Gasteiger charge is -2.15. The van der Waals surface area contributed by atoms with E-state index < -0.39 is 18.6 Å². The number of rotatable bonds is 6. The van der Waals surface area contributed by atoms with Gasteiger partial charge in [0, 0.05) is 31.3 Å². The third kappa shape index (κ3) is 4.96. The number of hydrogen-bond donors (Lipinski definition) is 2. The zero-order valence-electron chi connectivity index (χ0n) is 17.7. The molecule has 0 unspecified atom stereocenters. The SMILES string of the molecule is C[C@@H]1CCN(c2nn(C)cc2NC(=O)c2coc(-c3ccnc(NCC(F)(F)F)c3)n2)C1=O. The number of amides is 2. The van der Waals surface area contributed by atoms with Crippen molar-refractivity contribution >= 4 is 29.1 Å². The number of oxazole rings is 1. The fourth-order valence-corrected chi connectivity index (χ4v) is 3.34. The standard InChI is InChI=1S/C20H20F3N7O3/c1-11-4-6-30(19(11)32)16-13(8-29(2)28-16)26-17(31)14-9-33-18(27-14)12-3-5-24-15(7-12)25-10-20(21,22)23/h3,5,7-9,11H,4,6,10H2,1-2H3,(H,24,25)(H,26,31)/t11-/m1/s1. The zero-order chi connectivity index (χ0) is 23.8. The summed E-state index contributed by atoms with van der Waals surface area (Å²) in [5, 5.41) is 9.15. The lowest BCUT2D eigenvalue weighted by Crippen LogP contribution is -2.28. The van der Waals surface area contributed by atoms with Crippen LogP contribution in [0.1, 0.15) is 23.8 Å². The van der Waals surface area contributed by atoms with E-state index in [4.69, 9.17) is 4.42 Å². The van der Waals surface area contributed by atoms with Crippen molar-refractivity contribution in [3.05, 3.63) is 36.5 Å². The first-order valence-electron chi connectivity index (χ1n) is 9.99. The quantitative estimate of drug-likeness (QED) is 0.577. The molecule has 4 heterocycles. The van der Waals surface area contributed by atoms with Crippen LogP contribution in [0.15, 0.2) is 35.2 Å². The van der Waals surface area contributed by atoms with Crippen LogP contribution in [0.2, 0.25) is 0 Å². The number of anilines is 3. The Hall–Kier alpha value is -3.90. The Balaban J connectivity index is 1.49. The van der Waals surface area contributed by atoms with Crippen LogP contribution in [0.4, 0.5) is 30.5 Å². The first kappa shape index (κ1) is 22.3. The highest BCUT2D eigenvalue weighted by Gasteiger charge is 2.33. The highest BCUT2D eigenvalue weighted by atomic mass is 19.4. The molecular weight excluding hydrogens is 443 g/mol. The summed E-state index contributed by atoms with van der Waals surface area (Å²) in [6.45, 7) is 1.10. The van der Waals surface area contributed by atoms with Crippen LogP contribution < -0.4 is 15.5 Å². The molecule has 3 aromatic heterocycles. The summed E-state index contributed by atoms with van der Waals surface area (Å²) in [6.07, 6.45) is 0.308. The first-order chi connectivity index (χ1) is 15.6. The van der Waals surface area contributed by atoms with Gasteiger partial charge in [-0.3, -0.25) is 19.2 Å². The number of hydrogen-bond acceptors (Lipinski definition) is 7. The lowest BCUT2D eigenvalue weighted by molar-refractivity contribution is -0.120. The Morgan fingerprint density at radius 2 is 2.15 bits per heavy atom. The molecule has 10 nitrogen and oxygen atoms in total. The third-order valence-electron chi connectivity index (χ3n) is 5.00. The minimum absolute atomic E-state index is 0.0152. The smallest absolute Gasteiger partial charge is 0.405 e. The van der Waals surface area contributed by atoms with Crippen molar-refractivity contribution in [2.24, 2.45) is 13.0 Å². The fraction of sp³-hybridized carbons (Fsp3) is 0.350. The molecule has 0 aliphatic carbocycles. The van der Waals surface area contributed by atoms with Gasteiger partial charge in [0.15, 0.2) is 11.5 Å². The molecule has 1 aliphatic rings. The van der Waals surface area contributed by atoms with Gasteiger partial charge in [0.25, 0.3) is 5.91 Å². The lowest BCUT2D eigenvalue weighted by atomic mass is 10.1. The number of carbonyl (C=O) groups is 2. The molecule has 0 saturated carbocycles. The van der Waals surface area contributed by atoms with E-state index in [0.29, 0.717) is 30.0 Å². The van der Waals surface area contributed by atoms with Gasteiger partial charge in [0.1, 0.15) is 24.3 Å². The van der Waals surface area contributed by atoms with Crippen molar-refractivity contribution in [1.29, 1.82) is 0 Å². The molecule has 1 atom stereocenters. The molecule has 4 rings (SSSR count). The molecule has 0 spiro atoms. The zero-order valence-corrected chi connectivity index (χ0v) is 17.7. The van der Waals surface area contributed by atoms with E-state index in [-0.39, 0.29) is 29.2 Å². The van der Waals surface area contributed by atoms with E-state index in [9.17, 15) is 22.8 Å². The summed E-state index contributed by atoms with van der Waals surface area (Å²) in [7, 11) is 1.67. The number of carbonyl (C=O) groups excluding carboxylic acids is 2. The number of pyridine rings is 1. The van der Waals surface area contributed by atoms with Crippen molar-refractivity contribution in [1.82, 2.24) is 19.7 Å². The first-order valence-corrected chi connectivity index (χ1v) is 9.99. The monoisotopic (exact) mass is 463 g/mol. The third-order valence-corrected chi connectivity index (χ3v) is 5.00. The second-order valence-corrected chi connectivity index (χ2v) is 7.61. The minimum atomic E-state index is -4.39. The molecule has 13 heteroatoms. The van der Waals surface area contributed by atoms with Gasteiger partial charge < -0.3 is 15.1 Å². The molecule has 1 saturated heterocycles. The van der Waals surface area contributed by atoms with Crippen LogP contribution in [0, 0.1) is 5.92 Å². The second-order valence-electron chi connectivity index (χ2n) is 7.61. The summed E-state index contributed by atoms with van der Waals surface area (Å²) in [5.41, 5.74) is 0.632. The van der Waals surface area contributed by atoms with Crippen molar-refractivity contribution in [3.63, 3.8) is 0 Å². The predicted octanol–water partition coefficient (Wildman–Crippen LogP) is 3.07. The molecule has 174 valence electrons. The van der Waals surface area contributed by atoms with Gasteiger partial charge in [0.2, 0.25) is 11.8 Å². The van der Waals surface area contributed by atoms with Gasteiger partial charge in [-0.15, -0.1) is 0 Å². The topological polar surface area (TPSA) is 118 Å². The number of aryl methyl sites for hydroxylation is 1. The molecule has 33 heavy (non-hydrogen) atoms. The molecule has 0 bridgehead atoms. The maximum Gasteiger partial charge on any atom is 0.405 e. The average molecular weight is 463 g/mol. The molecule has 0 radical (unpaired) electrons. The van der Waals surface area contributed by atoms with E-state index in [2.05, 4.69) is 25.7 Å². The Bertz CT molecular complexity index is 1190.